The molecule has 0 radical (unpaired) electrons. The van der Waals surface area contributed by atoms with Crippen LogP contribution in [0.5, 0.6) is 0 Å². The van der Waals surface area contributed by atoms with Crippen molar-refractivity contribution in [3.05, 3.63) is 0 Å². The molecule has 0 unspecified atom stereocenters. The van der Waals surface area contributed by atoms with E-state index in [1.54, 1.807) is 0 Å². The van der Waals surface area contributed by atoms with Gasteiger partial charge in [-0.25, -0.2) is 0 Å². The summed E-state index contributed by atoms with van der Waals surface area (Å²) in [7, 11) is 0. The molecule has 10 heavy (non-hydrogen) atoms. The first kappa shape index (κ1) is 9.43. The fraction of sp³-hybridized carbons (Fsp3) is 0.857. The van der Waals surface area contributed by atoms with Crippen LogP contribution in [0.25, 0.3) is 0 Å². The zero-order valence-electron chi connectivity index (χ0n) is 6.89. The van der Waals surface area contributed by atoms with Crippen LogP contribution in [0, 0.1) is 5.92 Å². The van der Waals surface area contributed by atoms with Gasteiger partial charge in [0.2, 0.25) is 0 Å². The smallest absolute Gasteiger partial charge is 0.0620 e. The third-order valence-electron chi connectivity index (χ3n) is 1.31. The summed E-state index contributed by atoms with van der Waals surface area (Å²) in [6.45, 7) is 6.80. The molecule has 0 aromatic rings. The number of aliphatic hydroxyl groups is 1. The number of nitrogens with one attached hydrogen (secondary N) is 1. The van der Waals surface area contributed by atoms with Gasteiger partial charge in [-0.2, -0.15) is 5.10 Å². The van der Waals surface area contributed by atoms with Crippen LogP contribution in [0.3, 0.4) is 0 Å². The van der Waals surface area contributed by atoms with Crippen LogP contribution >= 0.6 is 0 Å². The minimum Gasteiger partial charge on any atom is -0.394 e. The molecule has 0 aromatic carbocycles. The Hall–Kier alpha value is -0.570. The molecule has 0 amide bonds. The molecule has 0 rings (SSSR count). The van der Waals surface area contributed by atoms with E-state index in [1.165, 1.54) is 0 Å². The molecule has 0 aliphatic heterocycles. The Morgan fingerprint density at radius 2 is 2.20 bits per heavy atom. The van der Waals surface area contributed by atoms with E-state index in [2.05, 4.69) is 24.4 Å². The second-order valence-corrected chi connectivity index (χ2v) is 2.54. The highest BCUT2D eigenvalue weighted by Gasteiger charge is 1.95. The van der Waals surface area contributed by atoms with Gasteiger partial charge >= 0.3 is 0 Å². The largest absolute Gasteiger partial charge is 0.394 e. The van der Waals surface area contributed by atoms with Gasteiger partial charge in [0.15, 0.2) is 0 Å². The number of hydrazone groups is 1. The van der Waals surface area contributed by atoms with Crippen molar-refractivity contribution in [3.63, 3.8) is 0 Å². The molecule has 2 N–H and O–H groups in total. The van der Waals surface area contributed by atoms with Gasteiger partial charge in [-0.3, -0.25) is 0 Å². The van der Waals surface area contributed by atoms with E-state index in [4.69, 9.17) is 5.11 Å². The van der Waals surface area contributed by atoms with Crippen molar-refractivity contribution in [2.45, 2.75) is 20.8 Å². The van der Waals surface area contributed by atoms with E-state index in [0.717, 1.165) is 5.71 Å². The highest BCUT2D eigenvalue weighted by molar-refractivity contribution is 5.83. The van der Waals surface area contributed by atoms with Gasteiger partial charge in [-0.05, 0) is 12.8 Å². The molecule has 3 heteroatoms. The lowest BCUT2D eigenvalue weighted by molar-refractivity contribution is 0.293. The van der Waals surface area contributed by atoms with Crippen molar-refractivity contribution in [3.8, 4) is 0 Å². The Morgan fingerprint density at radius 3 is 2.60 bits per heavy atom. The van der Waals surface area contributed by atoms with E-state index in [1.807, 2.05) is 6.92 Å². The van der Waals surface area contributed by atoms with Gasteiger partial charge in [0.25, 0.3) is 0 Å². The van der Waals surface area contributed by atoms with Crippen LogP contribution in [0.15, 0.2) is 5.10 Å². The molecule has 3 nitrogen and oxygen atoms in total. The zero-order chi connectivity index (χ0) is 7.98. The number of nitrogens with zero attached hydrogens (tertiary/aromatic N) is 1. The normalized spacial score (nSPS) is 12.3. The van der Waals surface area contributed by atoms with Crippen LogP contribution in [-0.4, -0.2) is 24.0 Å². The Balaban J connectivity index is 3.48. The second kappa shape index (κ2) is 5.23. The summed E-state index contributed by atoms with van der Waals surface area (Å²) < 4.78 is 0. The Labute approximate surface area is 62.1 Å². The van der Waals surface area contributed by atoms with Crippen LogP contribution < -0.4 is 5.43 Å². The van der Waals surface area contributed by atoms with Gasteiger partial charge in [-0.1, -0.05) is 13.8 Å². The Bertz CT molecular complexity index is 110. The quantitative estimate of drug-likeness (QED) is 0.345. The lowest BCUT2D eigenvalue weighted by Gasteiger charge is -2.03. The molecule has 0 spiro atoms. The molecule has 0 aliphatic carbocycles. The van der Waals surface area contributed by atoms with E-state index >= 15 is 0 Å². The van der Waals surface area contributed by atoms with Gasteiger partial charge in [0, 0.05) is 5.71 Å². The Kier molecular flexibility index (Phi) is 4.94. The summed E-state index contributed by atoms with van der Waals surface area (Å²) in [5.74, 6) is 0.478. The van der Waals surface area contributed by atoms with Crippen molar-refractivity contribution in [1.82, 2.24) is 5.43 Å². The SMILES string of the molecule is C/C(=N\NCCO)C(C)C. The van der Waals surface area contributed by atoms with Crippen molar-refractivity contribution in [2.75, 3.05) is 13.2 Å². The lowest BCUT2D eigenvalue weighted by atomic mass is 10.1. The van der Waals surface area contributed by atoms with E-state index in [0.29, 0.717) is 12.5 Å². The van der Waals surface area contributed by atoms with Crippen LogP contribution in [0.1, 0.15) is 20.8 Å². The summed E-state index contributed by atoms with van der Waals surface area (Å²) in [6, 6.07) is 0. The van der Waals surface area contributed by atoms with Gasteiger partial charge in [-0.15, -0.1) is 0 Å². The lowest BCUT2D eigenvalue weighted by Crippen LogP contribution is -2.15. The number of hydrogen-bond acceptors (Lipinski definition) is 3. The predicted octanol–water partition coefficient (Wildman–Crippen LogP) is 0.600. The van der Waals surface area contributed by atoms with Crippen LogP contribution in [0.4, 0.5) is 0 Å². The molecule has 0 heterocycles. The van der Waals surface area contributed by atoms with E-state index in [9.17, 15) is 0 Å². The minimum atomic E-state index is 0.134. The first-order chi connectivity index (χ1) is 4.68. The first-order valence-corrected chi connectivity index (χ1v) is 3.56. The van der Waals surface area contributed by atoms with E-state index in [-0.39, 0.29) is 6.61 Å². The molecule has 0 saturated carbocycles. The molecule has 0 bridgehead atoms. The van der Waals surface area contributed by atoms with Gasteiger partial charge < -0.3 is 10.5 Å². The summed E-state index contributed by atoms with van der Waals surface area (Å²) in [4.78, 5) is 0. The van der Waals surface area contributed by atoms with E-state index < -0.39 is 0 Å². The third-order valence-corrected chi connectivity index (χ3v) is 1.31. The standard InChI is InChI=1S/C7H16N2O/c1-6(2)7(3)9-8-4-5-10/h6,8,10H,4-5H2,1-3H3/b9-7+. The molecule has 0 aromatic heterocycles. The monoisotopic (exact) mass is 144 g/mol. The second-order valence-electron chi connectivity index (χ2n) is 2.54. The maximum absolute atomic E-state index is 8.39. The topological polar surface area (TPSA) is 44.6 Å². The average Bonchev–Trinajstić information content (AvgIpc) is 1.88. The average molecular weight is 144 g/mol. The van der Waals surface area contributed by atoms with Crippen molar-refractivity contribution >= 4 is 5.71 Å². The van der Waals surface area contributed by atoms with Crippen molar-refractivity contribution in [1.29, 1.82) is 0 Å². The molecule has 60 valence electrons. The summed E-state index contributed by atoms with van der Waals surface area (Å²) in [5, 5.41) is 12.4. The number of rotatable bonds is 4. The minimum absolute atomic E-state index is 0.134. The van der Waals surface area contributed by atoms with Crippen molar-refractivity contribution < 1.29 is 5.11 Å². The molecule has 0 saturated heterocycles. The highest BCUT2D eigenvalue weighted by atomic mass is 16.3. The summed E-state index contributed by atoms with van der Waals surface area (Å²) >= 11 is 0. The predicted molar refractivity (Wildman–Crippen MR) is 43.0 cm³/mol. The fourth-order valence-electron chi connectivity index (χ4n) is 0.360. The molecule has 0 fully saturated rings. The summed E-state index contributed by atoms with van der Waals surface area (Å²) in [6.07, 6.45) is 0. The first-order valence-electron chi connectivity index (χ1n) is 3.56. The molecule has 0 atom stereocenters. The Morgan fingerprint density at radius 1 is 1.60 bits per heavy atom. The van der Waals surface area contributed by atoms with Crippen molar-refractivity contribution in [2.24, 2.45) is 11.0 Å². The number of hydrogen-bond donors (Lipinski definition) is 2. The molecule has 0 aliphatic rings. The zero-order valence-corrected chi connectivity index (χ0v) is 6.89. The van der Waals surface area contributed by atoms with Gasteiger partial charge in [0.05, 0.1) is 13.2 Å². The maximum Gasteiger partial charge on any atom is 0.0620 e. The molecular weight excluding hydrogens is 128 g/mol. The third kappa shape index (κ3) is 4.32. The van der Waals surface area contributed by atoms with Crippen LogP contribution in [0.2, 0.25) is 0 Å². The molecular formula is C7H16N2O. The summed E-state index contributed by atoms with van der Waals surface area (Å²) in [5.41, 5.74) is 3.82. The van der Waals surface area contributed by atoms with Crippen LogP contribution in [-0.2, 0) is 0 Å². The van der Waals surface area contributed by atoms with Gasteiger partial charge in [0.1, 0.15) is 0 Å². The highest BCUT2D eigenvalue weighted by Crippen LogP contribution is 1.93. The maximum atomic E-state index is 8.39. The number of aliphatic hydroxyl groups excluding tert-OH is 1. The fourth-order valence-corrected chi connectivity index (χ4v) is 0.360.